The highest BCUT2D eigenvalue weighted by atomic mass is 79.9. The highest BCUT2D eigenvalue weighted by Gasteiger charge is 2.09. The van der Waals surface area contributed by atoms with E-state index in [1.54, 1.807) is 0 Å². The molecule has 104 valence electrons. The molecular formula is C16H16BrNO2. The average Bonchev–Trinajstić information content (AvgIpc) is 2.47. The molecule has 0 aliphatic carbocycles. The normalized spacial score (nSPS) is 10.2. The van der Waals surface area contributed by atoms with Gasteiger partial charge >= 0.3 is 6.09 Å². The fourth-order valence-corrected chi connectivity index (χ4v) is 2.29. The van der Waals surface area contributed by atoms with Gasteiger partial charge in [0.05, 0.1) is 5.69 Å². The lowest BCUT2D eigenvalue weighted by atomic mass is 10.1. The average molecular weight is 334 g/mol. The van der Waals surface area contributed by atoms with E-state index in [2.05, 4.69) is 21.2 Å². The van der Waals surface area contributed by atoms with Crippen LogP contribution in [0.25, 0.3) is 0 Å². The van der Waals surface area contributed by atoms with Gasteiger partial charge in [-0.25, -0.2) is 4.79 Å². The Morgan fingerprint density at radius 1 is 1.15 bits per heavy atom. The molecule has 0 heterocycles. The first-order valence-electron chi connectivity index (χ1n) is 6.31. The van der Waals surface area contributed by atoms with Gasteiger partial charge in [0.25, 0.3) is 0 Å². The molecule has 0 saturated heterocycles. The molecule has 0 spiro atoms. The van der Waals surface area contributed by atoms with Crippen molar-refractivity contribution in [3.8, 4) is 0 Å². The van der Waals surface area contributed by atoms with Crippen LogP contribution in [0.1, 0.15) is 16.7 Å². The van der Waals surface area contributed by atoms with Gasteiger partial charge in [-0.1, -0.05) is 36.4 Å². The lowest BCUT2D eigenvalue weighted by molar-refractivity contribution is 0.155. The summed E-state index contributed by atoms with van der Waals surface area (Å²) in [6.45, 7) is 4.28. The molecule has 0 saturated carbocycles. The van der Waals surface area contributed by atoms with Gasteiger partial charge < -0.3 is 4.74 Å². The van der Waals surface area contributed by atoms with Crippen LogP contribution in [0.4, 0.5) is 10.5 Å². The molecule has 1 N–H and O–H groups in total. The predicted octanol–water partition coefficient (Wildman–Crippen LogP) is 4.81. The molecule has 0 fully saturated rings. The van der Waals surface area contributed by atoms with Crippen LogP contribution in [0, 0.1) is 13.8 Å². The third-order valence-corrected chi connectivity index (χ3v) is 4.13. The molecule has 0 aliphatic heterocycles. The first kappa shape index (κ1) is 14.6. The molecule has 3 nitrogen and oxygen atoms in total. The summed E-state index contributed by atoms with van der Waals surface area (Å²) >= 11 is 3.49. The summed E-state index contributed by atoms with van der Waals surface area (Å²) in [4.78, 5) is 11.8. The monoisotopic (exact) mass is 333 g/mol. The molecule has 0 aromatic heterocycles. The summed E-state index contributed by atoms with van der Waals surface area (Å²) in [5.74, 6) is 0. The van der Waals surface area contributed by atoms with Crippen LogP contribution < -0.4 is 5.32 Å². The van der Waals surface area contributed by atoms with Gasteiger partial charge in [0.2, 0.25) is 0 Å². The Kier molecular flexibility index (Phi) is 4.79. The summed E-state index contributed by atoms with van der Waals surface area (Å²) in [6, 6.07) is 13.4. The zero-order valence-electron chi connectivity index (χ0n) is 11.4. The van der Waals surface area contributed by atoms with E-state index in [9.17, 15) is 4.79 Å². The molecule has 0 bridgehead atoms. The summed E-state index contributed by atoms with van der Waals surface area (Å²) in [5.41, 5.74) is 3.94. The van der Waals surface area contributed by atoms with Crippen LogP contribution in [0.3, 0.4) is 0 Å². The SMILES string of the molecule is Cc1ccc(NC(=O)OCc2ccccc2)c(Br)c1C. The van der Waals surface area contributed by atoms with Gasteiger partial charge in [-0.15, -0.1) is 0 Å². The Morgan fingerprint density at radius 2 is 1.85 bits per heavy atom. The highest BCUT2D eigenvalue weighted by Crippen LogP contribution is 2.28. The van der Waals surface area contributed by atoms with Gasteiger partial charge in [-0.2, -0.15) is 0 Å². The number of aryl methyl sites for hydroxylation is 1. The van der Waals surface area contributed by atoms with E-state index in [1.165, 1.54) is 5.56 Å². The first-order chi connectivity index (χ1) is 9.58. The van der Waals surface area contributed by atoms with Crippen molar-refractivity contribution < 1.29 is 9.53 Å². The number of rotatable bonds is 3. The molecule has 0 atom stereocenters. The molecule has 0 unspecified atom stereocenters. The highest BCUT2D eigenvalue weighted by molar-refractivity contribution is 9.10. The van der Waals surface area contributed by atoms with E-state index in [4.69, 9.17) is 4.74 Å². The maximum atomic E-state index is 11.8. The van der Waals surface area contributed by atoms with Crippen molar-refractivity contribution in [1.29, 1.82) is 0 Å². The number of anilines is 1. The van der Waals surface area contributed by atoms with E-state index in [0.29, 0.717) is 5.69 Å². The zero-order chi connectivity index (χ0) is 14.5. The van der Waals surface area contributed by atoms with Gasteiger partial charge in [-0.3, -0.25) is 5.32 Å². The summed E-state index contributed by atoms with van der Waals surface area (Å²) in [7, 11) is 0. The third-order valence-electron chi connectivity index (χ3n) is 3.11. The maximum absolute atomic E-state index is 11.8. The molecule has 2 aromatic carbocycles. The Hall–Kier alpha value is -1.81. The van der Waals surface area contributed by atoms with Crippen molar-refractivity contribution in [3.63, 3.8) is 0 Å². The number of carbonyl (C=O) groups excluding carboxylic acids is 1. The molecule has 4 heteroatoms. The molecule has 1 amide bonds. The van der Waals surface area contributed by atoms with Crippen molar-refractivity contribution in [1.82, 2.24) is 0 Å². The van der Waals surface area contributed by atoms with Crippen LogP contribution in [0.2, 0.25) is 0 Å². The Labute approximate surface area is 127 Å². The number of benzene rings is 2. The molecule has 2 rings (SSSR count). The second kappa shape index (κ2) is 6.57. The van der Waals surface area contributed by atoms with Crippen molar-refractivity contribution in [2.45, 2.75) is 20.5 Å². The van der Waals surface area contributed by atoms with Crippen LogP contribution in [0.5, 0.6) is 0 Å². The Bertz CT molecular complexity index is 611. The topological polar surface area (TPSA) is 38.3 Å². The Balaban J connectivity index is 1.97. The number of nitrogens with one attached hydrogen (secondary N) is 1. The van der Waals surface area contributed by atoms with Gasteiger partial charge in [0.1, 0.15) is 6.61 Å². The van der Waals surface area contributed by atoms with E-state index in [-0.39, 0.29) is 6.61 Å². The van der Waals surface area contributed by atoms with Gasteiger partial charge in [0, 0.05) is 4.47 Å². The number of ether oxygens (including phenoxy) is 1. The molecule has 2 aromatic rings. The minimum atomic E-state index is -0.460. The van der Waals surface area contributed by atoms with Crippen LogP contribution in [0.15, 0.2) is 46.9 Å². The largest absolute Gasteiger partial charge is 0.444 e. The lowest BCUT2D eigenvalue weighted by Gasteiger charge is -2.11. The minimum absolute atomic E-state index is 0.259. The smallest absolute Gasteiger partial charge is 0.411 e. The molecular weight excluding hydrogens is 318 g/mol. The quantitative estimate of drug-likeness (QED) is 0.874. The zero-order valence-corrected chi connectivity index (χ0v) is 13.0. The predicted molar refractivity (Wildman–Crippen MR) is 83.9 cm³/mol. The third kappa shape index (κ3) is 3.61. The van der Waals surface area contributed by atoms with Crippen molar-refractivity contribution in [3.05, 3.63) is 63.6 Å². The van der Waals surface area contributed by atoms with E-state index in [1.807, 2.05) is 56.3 Å². The number of hydrogen-bond donors (Lipinski definition) is 1. The van der Waals surface area contributed by atoms with Crippen LogP contribution in [-0.4, -0.2) is 6.09 Å². The lowest BCUT2D eigenvalue weighted by Crippen LogP contribution is -2.14. The van der Waals surface area contributed by atoms with E-state index >= 15 is 0 Å². The summed E-state index contributed by atoms with van der Waals surface area (Å²) in [5, 5.41) is 2.74. The molecule has 0 aliphatic rings. The van der Waals surface area contributed by atoms with E-state index < -0.39 is 6.09 Å². The van der Waals surface area contributed by atoms with Gasteiger partial charge in [-0.05, 0) is 52.5 Å². The van der Waals surface area contributed by atoms with Crippen molar-refractivity contribution >= 4 is 27.7 Å². The Morgan fingerprint density at radius 3 is 2.55 bits per heavy atom. The maximum Gasteiger partial charge on any atom is 0.411 e. The second-order valence-corrected chi connectivity index (χ2v) is 5.35. The fourth-order valence-electron chi connectivity index (χ4n) is 1.75. The summed E-state index contributed by atoms with van der Waals surface area (Å²) in [6.07, 6.45) is -0.460. The molecule has 0 radical (unpaired) electrons. The van der Waals surface area contributed by atoms with Crippen LogP contribution >= 0.6 is 15.9 Å². The molecule has 20 heavy (non-hydrogen) atoms. The van der Waals surface area contributed by atoms with Gasteiger partial charge in [0.15, 0.2) is 0 Å². The fraction of sp³-hybridized carbons (Fsp3) is 0.188. The second-order valence-electron chi connectivity index (χ2n) is 4.56. The van der Waals surface area contributed by atoms with Crippen molar-refractivity contribution in [2.24, 2.45) is 0 Å². The number of amides is 1. The van der Waals surface area contributed by atoms with E-state index in [0.717, 1.165) is 15.6 Å². The van der Waals surface area contributed by atoms with Crippen molar-refractivity contribution in [2.75, 3.05) is 5.32 Å². The number of hydrogen-bond acceptors (Lipinski definition) is 2. The first-order valence-corrected chi connectivity index (χ1v) is 7.10. The standard InChI is InChI=1S/C16H16BrNO2/c1-11-8-9-14(15(17)12(11)2)18-16(19)20-10-13-6-4-3-5-7-13/h3-9H,10H2,1-2H3,(H,18,19). The number of carbonyl (C=O) groups is 1. The van der Waals surface area contributed by atoms with Crippen LogP contribution in [-0.2, 0) is 11.3 Å². The summed E-state index contributed by atoms with van der Waals surface area (Å²) < 4.78 is 6.07. The number of halogens is 1. The minimum Gasteiger partial charge on any atom is -0.444 e.